The number of nitrogens with zero attached hydrogens (tertiary/aromatic N) is 3. The standard InChI is InChI=1S/C21H26N4O3/c1-28-20(26)7-6-16-2-4-17(5-3-16)14-24-11-8-18(9-12-24)15-25-13-10-19(22)23-21(25)27/h2-7,10,13,18H,8-9,11-12,14-15H2,1H3,(H2,22,23,27)/b7-6+. The van der Waals surface area contributed by atoms with Crippen molar-refractivity contribution < 1.29 is 9.53 Å². The minimum absolute atomic E-state index is 0.267. The van der Waals surface area contributed by atoms with Gasteiger partial charge in [-0.25, -0.2) is 9.59 Å². The molecule has 2 N–H and O–H groups in total. The highest BCUT2D eigenvalue weighted by molar-refractivity contribution is 5.86. The molecule has 1 aliphatic heterocycles. The van der Waals surface area contributed by atoms with E-state index in [2.05, 4.69) is 26.8 Å². The van der Waals surface area contributed by atoms with Crippen LogP contribution in [0.15, 0.2) is 47.4 Å². The second-order valence-electron chi connectivity index (χ2n) is 7.10. The molecule has 28 heavy (non-hydrogen) atoms. The van der Waals surface area contributed by atoms with E-state index >= 15 is 0 Å². The van der Waals surface area contributed by atoms with E-state index in [9.17, 15) is 9.59 Å². The van der Waals surface area contributed by atoms with Crippen LogP contribution < -0.4 is 11.4 Å². The van der Waals surface area contributed by atoms with Gasteiger partial charge in [0.25, 0.3) is 0 Å². The van der Waals surface area contributed by atoms with Gasteiger partial charge in [-0.05, 0) is 55.1 Å². The third-order valence-electron chi connectivity index (χ3n) is 5.06. The van der Waals surface area contributed by atoms with Crippen LogP contribution in [0.4, 0.5) is 5.82 Å². The number of carbonyl (C=O) groups excluding carboxylic acids is 1. The number of hydrogen-bond acceptors (Lipinski definition) is 6. The van der Waals surface area contributed by atoms with Crippen molar-refractivity contribution in [2.24, 2.45) is 5.92 Å². The Bertz CT molecular complexity index is 881. The third kappa shape index (κ3) is 5.53. The number of nitrogens with two attached hydrogens (primary N) is 1. The molecule has 0 bridgehead atoms. The summed E-state index contributed by atoms with van der Waals surface area (Å²) < 4.78 is 6.24. The van der Waals surface area contributed by atoms with Crippen LogP contribution in [0.5, 0.6) is 0 Å². The fourth-order valence-corrected chi connectivity index (χ4v) is 3.41. The van der Waals surface area contributed by atoms with Gasteiger partial charge in [0, 0.05) is 25.4 Å². The molecular weight excluding hydrogens is 356 g/mol. The molecule has 7 heteroatoms. The molecule has 1 aromatic carbocycles. The molecule has 1 aliphatic rings. The SMILES string of the molecule is COC(=O)/C=C/c1ccc(CN2CCC(Cn3ccc(N)nc3=O)CC2)cc1. The lowest BCUT2D eigenvalue weighted by molar-refractivity contribution is -0.134. The molecular formula is C21H26N4O3. The van der Waals surface area contributed by atoms with Gasteiger partial charge in [0.1, 0.15) is 5.82 Å². The zero-order valence-corrected chi connectivity index (χ0v) is 16.1. The van der Waals surface area contributed by atoms with E-state index < -0.39 is 0 Å². The third-order valence-corrected chi connectivity index (χ3v) is 5.06. The first-order valence-electron chi connectivity index (χ1n) is 9.44. The van der Waals surface area contributed by atoms with Crippen LogP contribution in [0, 0.1) is 5.92 Å². The molecule has 3 rings (SSSR count). The van der Waals surface area contributed by atoms with Gasteiger partial charge in [-0.1, -0.05) is 24.3 Å². The van der Waals surface area contributed by atoms with Crippen molar-refractivity contribution in [2.45, 2.75) is 25.9 Å². The van der Waals surface area contributed by atoms with E-state index in [1.165, 1.54) is 18.7 Å². The Kier molecular flexibility index (Phi) is 6.60. The first kappa shape index (κ1) is 19.8. The van der Waals surface area contributed by atoms with Crippen LogP contribution in [0.3, 0.4) is 0 Å². The van der Waals surface area contributed by atoms with Crippen LogP contribution >= 0.6 is 0 Å². The second-order valence-corrected chi connectivity index (χ2v) is 7.10. The summed E-state index contributed by atoms with van der Waals surface area (Å²) >= 11 is 0. The van der Waals surface area contributed by atoms with Gasteiger partial charge in [-0.2, -0.15) is 4.98 Å². The van der Waals surface area contributed by atoms with E-state index in [1.54, 1.807) is 22.9 Å². The Labute approximate surface area is 164 Å². The lowest BCUT2D eigenvalue weighted by atomic mass is 9.96. The highest BCUT2D eigenvalue weighted by Crippen LogP contribution is 2.20. The number of methoxy groups -OCH3 is 1. The number of piperidine rings is 1. The zero-order valence-electron chi connectivity index (χ0n) is 16.1. The number of esters is 1. The number of anilines is 1. The zero-order chi connectivity index (χ0) is 19.9. The predicted molar refractivity (Wildman–Crippen MR) is 108 cm³/mol. The van der Waals surface area contributed by atoms with Crippen LogP contribution in [-0.4, -0.2) is 40.6 Å². The number of rotatable bonds is 6. The lowest BCUT2D eigenvalue weighted by Gasteiger charge is -2.32. The number of nitrogen functional groups attached to an aromatic ring is 1. The molecule has 0 spiro atoms. The Hall–Kier alpha value is -2.93. The highest BCUT2D eigenvalue weighted by Gasteiger charge is 2.20. The molecule has 2 aromatic rings. The highest BCUT2D eigenvalue weighted by atomic mass is 16.5. The van der Waals surface area contributed by atoms with E-state index in [0.717, 1.165) is 38.0 Å². The Morgan fingerprint density at radius 2 is 1.96 bits per heavy atom. The molecule has 148 valence electrons. The normalized spacial score (nSPS) is 15.8. The van der Waals surface area contributed by atoms with Gasteiger partial charge >= 0.3 is 11.7 Å². The van der Waals surface area contributed by atoms with Crippen molar-refractivity contribution in [1.29, 1.82) is 0 Å². The molecule has 1 saturated heterocycles. The van der Waals surface area contributed by atoms with Crippen molar-refractivity contribution in [2.75, 3.05) is 25.9 Å². The largest absolute Gasteiger partial charge is 0.466 e. The summed E-state index contributed by atoms with van der Waals surface area (Å²) in [5.41, 5.74) is 7.48. The number of aromatic nitrogens is 2. The predicted octanol–water partition coefficient (Wildman–Crippen LogP) is 1.92. The van der Waals surface area contributed by atoms with Gasteiger partial charge in [-0.15, -0.1) is 0 Å². The molecule has 0 saturated carbocycles. The smallest absolute Gasteiger partial charge is 0.349 e. The molecule has 0 atom stereocenters. The number of ether oxygens (including phenoxy) is 1. The van der Waals surface area contributed by atoms with Gasteiger partial charge < -0.3 is 10.5 Å². The van der Waals surface area contributed by atoms with Crippen molar-refractivity contribution in [1.82, 2.24) is 14.5 Å². The van der Waals surface area contributed by atoms with Crippen LogP contribution in [0.2, 0.25) is 0 Å². The first-order valence-corrected chi connectivity index (χ1v) is 9.44. The molecule has 0 amide bonds. The maximum absolute atomic E-state index is 11.9. The number of hydrogen-bond donors (Lipinski definition) is 1. The topological polar surface area (TPSA) is 90.4 Å². The minimum Gasteiger partial charge on any atom is -0.466 e. The quantitative estimate of drug-likeness (QED) is 0.606. The Morgan fingerprint density at radius 1 is 1.25 bits per heavy atom. The monoisotopic (exact) mass is 382 g/mol. The van der Waals surface area contributed by atoms with Crippen LogP contribution in [0.1, 0.15) is 24.0 Å². The van der Waals surface area contributed by atoms with Crippen molar-refractivity contribution in [3.05, 3.63) is 64.2 Å². The molecule has 0 unspecified atom stereocenters. The number of benzene rings is 1. The molecule has 1 fully saturated rings. The van der Waals surface area contributed by atoms with Crippen molar-refractivity contribution >= 4 is 17.9 Å². The summed E-state index contributed by atoms with van der Waals surface area (Å²) in [4.78, 5) is 29.2. The number of carbonyl (C=O) groups is 1. The van der Waals surface area contributed by atoms with Gasteiger partial charge in [0.05, 0.1) is 7.11 Å². The Morgan fingerprint density at radius 3 is 2.61 bits per heavy atom. The molecule has 1 aromatic heterocycles. The van der Waals surface area contributed by atoms with E-state index in [-0.39, 0.29) is 17.5 Å². The summed E-state index contributed by atoms with van der Waals surface area (Å²) in [5.74, 6) is 0.386. The Balaban J connectivity index is 1.48. The van der Waals surface area contributed by atoms with Crippen molar-refractivity contribution in [3.63, 3.8) is 0 Å². The fraction of sp³-hybridized carbons (Fsp3) is 0.381. The van der Waals surface area contributed by atoms with E-state index in [4.69, 9.17) is 5.73 Å². The molecule has 0 radical (unpaired) electrons. The van der Waals surface area contributed by atoms with Gasteiger partial charge in [0.2, 0.25) is 0 Å². The van der Waals surface area contributed by atoms with Crippen LogP contribution in [-0.2, 0) is 22.6 Å². The second kappa shape index (κ2) is 9.32. The van der Waals surface area contributed by atoms with Crippen LogP contribution in [0.25, 0.3) is 6.08 Å². The van der Waals surface area contributed by atoms with E-state index in [0.29, 0.717) is 12.5 Å². The fourth-order valence-electron chi connectivity index (χ4n) is 3.41. The molecule has 0 aliphatic carbocycles. The van der Waals surface area contributed by atoms with Gasteiger partial charge in [-0.3, -0.25) is 9.47 Å². The first-order chi connectivity index (χ1) is 13.5. The summed E-state index contributed by atoms with van der Waals surface area (Å²) in [5, 5.41) is 0. The average Bonchev–Trinajstić information content (AvgIpc) is 2.70. The molecule has 7 nitrogen and oxygen atoms in total. The summed E-state index contributed by atoms with van der Waals surface area (Å²) in [6, 6.07) is 9.84. The summed E-state index contributed by atoms with van der Waals surface area (Å²) in [7, 11) is 1.36. The number of likely N-dealkylation sites (tertiary alicyclic amines) is 1. The summed E-state index contributed by atoms with van der Waals surface area (Å²) in [6.45, 7) is 3.61. The van der Waals surface area contributed by atoms with Gasteiger partial charge in [0.15, 0.2) is 0 Å². The molecule has 2 heterocycles. The maximum Gasteiger partial charge on any atom is 0.349 e. The van der Waals surface area contributed by atoms with Crippen molar-refractivity contribution in [3.8, 4) is 0 Å². The minimum atomic E-state index is -0.357. The average molecular weight is 382 g/mol. The maximum atomic E-state index is 11.9. The van der Waals surface area contributed by atoms with E-state index in [1.807, 2.05) is 12.1 Å². The lowest BCUT2D eigenvalue weighted by Crippen LogP contribution is -2.36. The summed E-state index contributed by atoms with van der Waals surface area (Å²) in [6.07, 6.45) is 7.00.